The molecule has 0 bridgehead atoms. The summed E-state index contributed by atoms with van der Waals surface area (Å²) in [6.45, 7) is 5.61. The highest BCUT2D eigenvalue weighted by molar-refractivity contribution is 5.68. The van der Waals surface area contributed by atoms with Crippen molar-refractivity contribution in [3.05, 3.63) is 24.8 Å². The Labute approximate surface area is 159 Å². The van der Waals surface area contributed by atoms with Gasteiger partial charge in [-0.3, -0.25) is 9.67 Å². The van der Waals surface area contributed by atoms with Crippen molar-refractivity contribution in [2.24, 2.45) is 7.05 Å². The van der Waals surface area contributed by atoms with E-state index in [1.54, 1.807) is 23.3 Å². The lowest BCUT2D eigenvalue weighted by molar-refractivity contribution is 0.0492. The second-order valence-corrected chi connectivity index (χ2v) is 8.03. The average Bonchev–Trinajstić information content (AvgIpc) is 3.02. The number of amides is 1. The van der Waals surface area contributed by atoms with Gasteiger partial charge in [-0.25, -0.2) is 9.78 Å². The van der Waals surface area contributed by atoms with Gasteiger partial charge in [-0.1, -0.05) is 0 Å². The van der Waals surface area contributed by atoms with Crippen LogP contribution in [0, 0.1) is 0 Å². The lowest BCUT2D eigenvalue weighted by atomic mass is 9.91. The van der Waals surface area contributed by atoms with Crippen LogP contribution in [0.5, 0.6) is 0 Å². The molecule has 146 valence electrons. The third-order valence-corrected chi connectivity index (χ3v) is 4.45. The largest absolute Gasteiger partial charge is 0.444 e. The Morgan fingerprint density at radius 3 is 2.37 bits per heavy atom. The number of hydrogen-bond donors (Lipinski definition) is 2. The Hall–Kier alpha value is -2.64. The van der Waals surface area contributed by atoms with Crippen molar-refractivity contribution >= 4 is 11.9 Å². The van der Waals surface area contributed by atoms with Crippen molar-refractivity contribution in [2.45, 2.75) is 64.1 Å². The molecule has 2 heterocycles. The third kappa shape index (κ3) is 5.67. The minimum Gasteiger partial charge on any atom is -0.444 e. The Bertz CT molecular complexity index is 757. The number of anilines is 1. The van der Waals surface area contributed by atoms with Gasteiger partial charge in [-0.2, -0.15) is 5.10 Å². The first kappa shape index (κ1) is 19.1. The van der Waals surface area contributed by atoms with Crippen molar-refractivity contribution in [3.8, 4) is 11.3 Å². The molecule has 0 aliphatic heterocycles. The maximum absolute atomic E-state index is 11.9. The van der Waals surface area contributed by atoms with Gasteiger partial charge in [0, 0.05) is 30.9 Å². The zero-order valence-electron chi connectivity index (χ0n) is 16.4. The van der Waals surface area contributed by atoms with Crippen molar-refractivity contribution in [1.82, 2.24) is 25.1 Å². The van der Waals surface area contributed by atoms with Gasteiger partial charge in [-0.05, 0) is 46.5 Å². The predicted octanol–water partition coefficient (Wildman–Crippen LogP) is 3.12. The third-order valence-electron chi connectivity index (χ3n) is 4.45. The number of rotatable bonds is 4. The van der Waals surface area contributed by atoms with E-state index in [1.165, 1.54) is 0 Å². The van der Waals surface area contributed by atoms with Crippen LogP contribution in [0.1, 0.15) is 46.5 Å². The summed E-state index contributed by atoms with van der Waals surface area (Å²) in [7, 11) is 1.88. The lowest BCUT2D eigenvalue weighted by Gasteiger charge is -2.30. The molecule has 0 atom stereocenters. The number of ether oxygens (including phenoxy) is 1. The summed E-state index contributed by atoms with van der Waals surface area (Å²) in [6, 6.07) is 0.497. The van der Waals surface area contributed by atoms with Crippen LogP contribution in [-0.2, 0) is 11.8 Å². The standard InChI is InChI=1S/C19H28N6O2/c1-19(2,3)27-18(26)24-15-7-5-14(6-8-15)23-17-11-20-16(10-21-17)13-9-22-25(4)12-13/h9-12,14-15H,5-8H2,1-4H3,(H,21,23)(H,24,26)/t14-,15-. The fraction of sp³-hybridized carbons (Fsp3) is 0.579. The quantitative estimate of drug-likeness (QED) is 0.856. The molecule has 2 N–H and O–H groups in total. The van der Waals surface area contributed by atoms with E-state index in [0.29, 0.717) is 6.04 Å². The van der Waals surface area contributed by atoms with Crippen LogP contribution in [0.15, 0.2) is 24.8 Å². The second kappa shape index (κ2) is 7.94. The summed E-state index contributed by atoms with van der Waals surface area (Å²) in [6.07, 6.45) is 10.6. The molecule has 2 aromatic heterocycles. The number of hydrogen-bond acceptors (Lipinski definition) is 6. The fourth-order valence-corrected chi connectivity index (χ4v) is 3.17. The monoisotopic (exact) mass is 372 g/mol. The Kier molecular flexibility index (Phi) is 5.62. The SMILES string of the molecule is Cn1cc(-c2cnc(N[C@H]3CC[C@H](NC(=O)OC(C)(C)C)CC3)cn2)cn1. The molecule has 1 saturated carbocycles. The average molecular weight is 372 g/mol. The Morgan fingerprint density at radius 1 is 1.11 bits per heavy atom. The van der Waals surface area contributed by atoms with Gasteiger partial charge in [0.15, 0.2) is 0 Å². The summed E-state index contributed by atoms with van der Waals surface area (Å²) in [5.74, 6) is 0.770. The summed E-state index contributed by atoms with van der Waals surface area (Å²) in [5.41, 5.74) is 1.29. The molecule has 0 aromatic carbocycles. The molecule has 8 nitrogen and oxygen atoms in total. The summed E-state index contributed by atoms with van der Waals surface area (Å²) in [5, 5.41) is 10.6. The van der Waals surface area contributed by atoms with E-state index >= 15 is 0 Å². The van der Waals surface area contributed by atoms with Crippen LogP contribution in [-0.4, -0.2) is 43.5 Å². The van der Waals surface area contributed by atoms with Crippen molar-refractivity contribution in [1.29, 1.82) is 0 Å². The summed E-state index contributed by atoms with van der Waals surface area (Å²) >= 11 is 0. The molecule has 0 radical (unpaired) electrons. The topological polar surface area (TPSA) is 94.0 Å². The van der Waals surface area contributed by atoms with E-state index in [-0.39, 0.29) is 12.1 Å². The number of aryl methyl sites for hydroxylation is 1. The van der Waals surface area contributed by atoms with E-state index in [2.05, 4.69) is 25.7 Å². The van der Waals surface area contributed by atoms with Gasteiger partial charge in [-0.15, -0.1) is 0 Å². The first-order chi connectivity index (χ1) is 12.8. The summed E-state index contributed by atoms with van der Waals surface area (Å²) < 4.78 is 7.07. The zero-order chi connectivity index (χ0) is 19.4. The lowest BCUT2D eigenvalue weighted by Crippen LogP contribution is -2.42. The van der Waals surface area contributed by atoms with Crippen molar-refractivity contribution in [2.75, 3.05) is 5.32 Å². The van der Waals surface area contributed by atoms with E-state index in [1.807, 2.05) is 34.0 Å². The molecule has 3 rings (SSSR count). The van der Waals surface area contributed by atoms with E-state index < -0.39 is 5.60 Å². The molecule has 1 fully saturated rings. The predicted molar refractivity (Wildman–Crippen MR) is 103 cm³/mol. The van der Waals surface area contributed by atoms with Crippen LogP contribution in [0.3, 0.4) is 0 Å². The Balaban J connectivity index is 1.46. The smallest absolute Gasteiger partial charge is 0.407 e. The van der Waals surface area contributed by atoms with Crippen molar-refractivity contribution in [3.63, 3.8) is 0 Å². The van der Waals surface area contributed by atoms with Crippen LogP contribution in [0.4, 0.5) is 10.6 Å². The molecule has 2 aromatic rings. The van der Waals surface area contributed by atoms with Gasteiger partial charge >= 0.3 is 6.09 Å². The number of nitrogens with one attached hydrogen (secondary N) is 2. The number of carbonyl (C=O) groups is 1. The zero-order valence-corrected chi connectivity index (χ0v) is 16.4. The van der Waals surface area contributed by atoms with Crippen molar-refractivity contribution < 1.29 is 9.53 Å². The van der Waals surface area contributed by atoms with E-state index in [0.717, 1.165) is 42.8 Å². The van der Waals surface area contributed by atoms with Gasteiger partial charge in [0.1, 0.15) is 11.4 Å². The van der Waals surface area contributed by atoms with Gasteiger partial charge in [0.25, 0.3) is 0 Å². The van der Waals surface area contributed by atoms with Crippen LogP contribution in [0.25, 0.3) is 11.3 Å². The molecule has 1 amide bonds. The Morgan fingerprint density at radius 2 is 1.81 bits per heavy atom. The minimum atomic E-state index is -0.469. The highest BCUT2D eigenvalue weighted by Gasteiger charge is 2.24. The van der Waals surface area contributed by atoms with Gasteiger partial charge in [0.2, 0.25) is 0 Å². The molecule has 8 heteroatoms. The van der Waals surface area contributed by atoms with Crippen LogP contribution < -0.4 is 10.6 Å². The second-order valence-electron chi connectivity index (χ2n) is 8.03. The van der Waals surface area contributed by atoms with Gasteiger partial charge in [0.05, 0.1) is 24.3 Å². The number of carbonyl (C=O) groups excluding carboxylic acids is 1. The van der Waals surface area contributed by atoms with Crippen LogP contribution >= 0.6 is 0 Å². The van der Waals surface area contributed by atoms with E-state index in [4.69, 9.17) is 4.74 Å². The fourth-order valence-electron chi connectivity index (χ4n) is 3.17. The molecule has 1 aliphatic rings. The molecular weight excluding hydrogens is 344 g/mol. The molecule has 0 unspecified atom stereocenters. The maximum atomic E-state index is 11.9. The molecule has 1 aliphatic carbocycles. The number of aromatic nitrogens is 4. The maximum Gasteiger partial charge on any atom is 0.407 e. The number of nitrogens with zero attached hydrogens (tertiary/aromatic N) is 4. The number of alkyl carbamates (subject to hydrolysis) is 1. The van der Waals surface area contributed by atoms with E-state index in [9.17, 15) is 4.79 Å². The minimum absolute atomic E-state index is 0.164. The molecule has 0 spiro atoms. The first-order valence-corrected chi connectivity index (χ1v) is 9.35. The van der Waals surface area contributed by atoms with Crippen LogP contribution in [0.2, 0.25) is 0 Å². The highest BCUT2D eigenvalue weighted by atomic mass is 16.6. The van der Waals surface area contributed by atoms with Gasteiger partial charge < -0.3 is 15.4 Å². The first-order valence-electron chi connectivity index (χ1n) is 9.35. The summed E-state index contributed by atoms with van der Waals surface area (Å²) in [4.78, 5) is 20.8. The normalized spacial score (nSPS) is 20.1. The molecule has 27 heavy (non-hydrogen) atoms. The molecule has 0 saturated heterocycles. The molecular formula is C19H28N6O2. The highest BCUT2D eigenvalue weighted by Crippen LogP contribution is 2.22.